The number of hydrogen-bond acceptors (Lipinski definition) is 7. The number of nitrogens with zero attached hydrogens (tertiary/aromatic N) is 6. The Balaban J connectivity index is 1.32. The molecular formula is C18H26N6O2. The zero-order chi connectivity index (χ0) is 17.8. The predicted octanol–water partition coefficient (Wildman–Crippen LogP) is 1.18. The van der Waals surface area contributed by atoms with Crippen LogP contribution in [0.2, 0.25) is 0 Å². The second-order valence-corrected chi connectivity index (χ2v) is 6.88. The molecule has 4 rings (SSSR count). The molecule has 0 saturated carbocycles. The molecule has 8 nitrogen and oxygen atoms in total. The fraction of sp³-hybridized carbons (Fsp3) is 0.611. The normalized spacial score (nSPS) is 21.3. The molecule has 1 atom stereocenters. The highest BCUT2D eigenvalue weighted by Crippen LogP contribution is 2.22. The first-order valence-corrected chi connectivity index (χ1v) is 9.30. The van der Waals surface area contributed by atoms with Gasteiger partial charge in [-0.25, -0.2) is 4.68 Å². The summed E-state index contributed by atoms with van der Waals surface area (Å²) in [6.07, 6.45) is 2.48. The summed E-state index contributed by atoms with van der Waals surface area (Å²) in [5.41, 5.74) is 1.22. The van der Waals surface area contributed by atoms with Crippen LogP contribution in [-0.4, -0.2) is 71.1 Å². The van der Waals surface area contributed by atoms with Gasteiger partial charge in [-0.05, 0) is 35.4 Å². The van der Waals surface area contributed by atoms with Crippen molar-refractivity contribution in [1.29, 1.82) is 0 Å². The summed E-state index contributed by atoms with van der Waals surface area (Å²) in [5.74, 6) is 1.83. The molecule has 0 radical (unpaired) electrons. The van der Waals surface area contributed by atoms with Crippen LogP contribution in [0.15, 0.2) is 24.3 Å². The van der Waals surface area contributed by atoms with E-state index in [1.807, 2.05) is 16.8 Å². The molecule has 26 heavy (non-hydrogen) atoms. The predicted molar refractivity (Wildman–Crippen MR) is 97.3 cm³/mol. The number of benzene rings is 1. The van der Waals surface area contributed by atoms with Crippen molar-refractivity contribution in [1.82, 2.24) is 25.1 Å². The third-order valence-corrected chi connectivity index (χ3v) is 5.16. The molecule has 0 bridgehead atoms. The van der Waals surface area contributed by atoms with E-state index in [4.69, 9.17) is 9.47 Å². The van der Waals surface area contributed by atoms with Crippen molar-refractivity contribution in [3.05, 3.63) is 30.1 Å². The Kier molecular flexibility index (Phi) is 5.31. The molecule has 1 unspecified atom stereocenters. The standard InChI is InChI=1S/C18H26N6O2/c1-25-16-5-2-4-15(12-16)23-9-7-22(8-10-23)14-18-19-20-21-24(18)13-17-6-3-11-26-17/h2,4-5,12,17H,3,6-11,13-14H2,1H3. The van der Waals surface area contributed by atoms with E-state index in [-0.39, 0.29) is 6.10 Å². The van der Waals surface area contributed by atoms with Gasteiger partial charge in [0.25, 0.3) is 0 Å². The SMILES string of the molecule is COc1cccc(N2CCN(Cc3nnnn3CC3CCCO3)CC2)c1. The average Bonchev–Trinajstić information content (AvgIpc) is 3.35. The van der Waals surface area contributed by atoms with Crippen molar-refractivity contribution in [3.63, 3.8) is 0 Å². The van der Waals surface area contributed by atoms with Crippen LogP contribution in [0, 0.1) is 0 Å². The van der Waals surface area contributed by atoms with Gasteiger partial charge in [-0.2, -0.15) is 0 Å². The first kappa shape index (κ1) is 17.2. The molecule has 1 aromatic carbocycles. The Labute approximate surface area is 153 Å². The van der Waals surface area contributed by atoms with Crippen LogP contribution in [-0.2, 0) is 17.8 Å². The minimum Gasteiger partial charge on any atom is -0.497 e. The average molecular weight is 358 g/mol. The molecule has 0 aliphatic carbocycles. The lowest BCUT2D eigenvalue weighted by molar-refractivity contribution is 0.0916. The summed E-state index contributed by atoms with van der Waals surface area (Å²) in [6, 6.07) is 8.26. The molecule has 1 aromatic heterocycles. The van der Waals surface area contributed by atoms with E-state index in [0.29, 0.717) is 0 Å². The van der Waals surface area contributed by atoms with Gasteiger partial charge in [0.15, 0.2) is 5.82 Å². The van der Waals surface area contributed by atoms with E-state index < -0.39 is 0 Å². The van der Waals surface area contributed by atoms with Crippen LogP contribution in [0.25, 0.3) is 0 Å². The third-order valence-electron chi connectivity index (χ3n) is 5.16. The summed E-state index contributed by atoms with van der Waals surface area (Å²) in [4.78, 5) is 4.81. The van der Waals surface area contributed by atoms with Gasteiger partial charge in [-0.15, -0.1) is 5.10 Å². The molecule has 2 aliphatic rings. The highest BCUT2D eigenvalue weighted by atomic mass is 16.5. The molecule has 2 aliphatic heterocycles. The molecule has 140 valence electrons. The highest BCUT2D eigenvalue weighted by molar-refractivity contribution is 5.51. The molecule has 3 heterocycles. The Morgan fingerprint density at radius 2 is 2.12 bits per heavy atom. The van der Waals surface area contributed by atoms with Crippen molar-refractivity contribution in [3.8, 4) is 5.75 Å². The lowest BCUT2D eigenvalue weighted by Gasteiger charge is -2.35. The van der Waals surface area contributed by atoms with Crippen molar-refractivity contribution in [2.75, 3.05) is 44.8 Å². The van der Waals surface area contributed by atoms with Crippen LogP contribution in [0.1, 0.15) is 18.7 Å². The minimum absolute atomic E-state index is 0.252. The van der Waals surface area contributed by atoms with Gasteiger partial charge in [0, 0.05) is 44.5 Å². The molecule has 0 N–H and O–H groups in total. The summed E-state index contributed by atoms with van der Waals surface area (Å²) >= 11 is 0. The second kappa shape index (κ2) is 8.01. The topological polar surface area (TPSA) is 68.5 Å². The highest BCUT2D eigenvalue weighted by Gasteiger charge is 2.22. The Morgan fingerprint density at radius 3 is 2.88 bits per heavy atom. The van der Waals surface area contributed by atoms with Gasteiger partial charge >= 0.3 is 0 Å². The molecular weight excluding hydrogens is 332 g/mol. The number of methoxy groups -OCH3 is 1. The van der Waals surface area contributed by atoms with E-state index in [1.54, 1.807) is 7.11 Å². The Morgan fingerprint density at radius 1 is 1.23 bits per heavy atom. The van der Waals surface area contributed by atoms with Crippen LogP contribution in [0.3, 0.4) is 0 Å². The van der Waals surface area contributed by atoms with E-state index in [2.05, 4.69) is 37.5 Å². The first-order valence-electron chi connectivity index (χ1n) is 9.30. The largest absolute Gasteiger partial charge is 0.497 e. The maximum Gasteiger partial charge on any atom is 0.165 e. The summed E-state index contributed by atoms with van der Waals surface area (Å²) < 4.78 is 12.9. The fourth-order valence-corrected chi connectivity index (χ4v) is 3.63. The van der Waals surface area contributed by atoms with Gasteiger partial charge in [0.2, 0.25) is 0 Å². The molecule has 0 amide bonds. The molecule has 8 heteroatoms. The maximum absolute atomic E-state index is 5.71. The smallest absolute Gasteiger partial charge is 0.165 e. The quantitative estimate of drug-likeness (QED) is 0.768. The van der Waals surface area contributed by atoms with E-state index >= 15 is 0 Å². The van der Waals surface area contributed by atoms with Crippen molar-refractivity contribution in [2.24, 2.45) is 0 Å². The van der Waals surface area contributed by atoms with E-state index in [0.717, 1.165) is 70.3 Å². The summed E-state index contributed by atoms with van der Waals surface area (Å²) in [7, 11) is 1.71. The lowest BCUT2D eigenvalue weighted by Crippen LogP contribution is -2.46. The fourth-order valence-electron chi connectivity index (χ4n) is 3.63. The number of aromatic nitrogens is 4. The third kappa shape index (κ3) is 3.96. The minimum atomic E-state index is 0.252. The zero-order valence-corrected chi connectivity index (χ0v) is 15.3. The van der Waals surface area contributed by atoms with E-state index in [9.17, 15) is 0 Å². The van der Waals surface area contributed by atoms with Gasteiger partial charge in [-0.3, -0.25) is 4.90 Å². The van der Waals surface area contributed by atoms with Gasteiger partial charge in [0.1, 0.15) is 5.75 Å². The monoisotopic (exact) mass is 358 g/mol. The van der Waals surface area contributed by atoms with Gasteiger partial charge < -0.3 is 14.4 Å². The lowest BCUT2D eigenvalue weighted by atomic mass is 10.2. The number of piperazine rings is 1. The van der Waals surface area contributed by atoms with Crippen LogP contribution in [0.5, 0.6) is 5.75 Å². The summed E-state index contributed by atoms with van der Waals surface area (Å²) in [5, 5.41) is 12.2. The molecule has 2 fully saturated rings. The molecule has 2 aromatic rings. The number of anilines is 1. The van der Waals surface area contributed by atoms with Crippen molar-refractivity contribution in [2.45, 2.75) is 32.0 Å². The first-order chi connectivity index (χ1) is 12.8. The zero-order valence-electron chi connectivity index (χ0n) is 15.3. The number of ether oxygens (including phenoxy) is 2. The molecule has 2 saturated heterocycles. The Hall–Kier alpha value is -2.19. The van der Waals surface area contributed by atoms with Crippen LogP contribution >= 0.6 is 0 Å². The van der Waals surface area contributed by atoms with E-state index in [1.165, 1.54) is 5.69 Å². The van der Waals surface area contributed by atoms with Crippen LogP contribution < -0.4 is 9.64 Å². The van der Waals surface area contributed by atoms with Gasteiger partial charge in [-0.1, -0.05) is 6.07 Å². The maximum atomic E-state index is 5.71. The van der Waals surface area contributed by atoms with Gasteiger partial charge in [0.05, 0.1) is 26.3 Å². The Bertz CT molecular complexity index is 707. The number of hydrogen-bond donors (Lipinski definition) is 0. The molecule has 0 spiro atoms. The van der Waals surface area contributed by atoms with Crippen molar-refractivity contribution < 1.29 is 9.47 Å². The summed E-state index contributed by atoms with van der Waals surface area (Å²) in [6.45, 7) is 6.35. The number of tetrazole rings is 1. The second-order valence-electron chi connectivity index (χ2n) is 6.88. The number of rotatable bonds is 6. The van der Waals surface area contributed by atoms with Crippen LogP contribution in [0.4, 0.5) is 5.69 Å². The van der Waals surface area contributed by atoms with Crippen molar-refractivity contribution >= 4 is 5.69 Å².